The second kappa shape index (κ2) is 11.3. The van der Waals surface area contributed by atoms with Gasteiger partial charge in [0.1, 0.15) is 0 Å². The van der Waals surface area contributed by atoms with Gasteiger partial charge in [0, 0.05) is 26.3 Å². The molecule has 32 heavy (non-hydrogen) atoms. The minimum atomic E-state index is 0. The van der Waals surface area contributed by atoms with Crippen LogP contribution in [0.3, 0.4) is 0 Å². The number of rotatable bonds is 3. The van der Waals surface area contributed by atoms with Crippen molar-refractivity contribution in [2.75, 3.05) is 0 Å². The third-order valence-electron chi connectivity index (χ3n) is 4.83. The van der Waals surface area contributed by atoms with Gasteiger partial charge in [0.25, 0.3) is 0 Å². The molecule has 0 fully saturated rings. The van der Waals surface area contributed by atoms with Crippen LogP contribution in [0.4, 0.5) is 0 Å². The Morgan fingerprint density at radius 2 is 1.62 bits per heavy atom. The molecule has 0 N–H and O–H groups in total. The molecule has 0 saturated carbocycles. The van der Waals surface area contributed by atoms with Crippen molar-refractivity contribution in [1.29, 1.82) is 0 Å². The average molecular weight is 591 g/mol. The van der Waals surface area contributed by atoms with E-state index in [0.717, 1.165) is 33.6 Å². The standard InChI is InChI=1S/C18H14N.C11H8N.Ir/c1-3-14-5-4-6-15(12-14)18-10-8-16-11-13(2)7-9-17(16)19-18;1-2-6-10(7-3-1)11-8-4-5-9-12-11;/h3-5,7-12H,1H2,2H3;1-6,8-9H;/q2*-1;. The van der Waals surface area contributed by atoms with Crippen LogP contribution < -0.4 is 0 Å². The maximum Gasteiger partial charge on any atom is 0.0595 e. The first-order valence-electron chi connectivity index (χ1n) is 10.1. The molecule has 3 heteroatoms. The Morgan fingerprint density at radius 3 is 2.38 bits per heavy atom. The average Bonchev–Trinajstić information content (AvgIpc) is 2.85. The van der Waals surface area contributed by atoms with Crippen molar-refractivity contribution in [2.24, 2.45) is 0 Å². The summed E-state index contributed by atoms with van der Waals surface area (Å²) in [4.78, 5) is 8.91. The molecule has 5 aromatic rings. The maximum absolute atomic E-state index is 4.70. The van der Waals surface area contributed by atoms with E-state index in [1.54, 1.807) is 6.20 Å². The van der Waals surface area contributed by atoms with Gasteiger partial charge in [0.05, 0.1) is 5.52 Å². The van der Waals surface area contributed by atoms with Gasteiger partial charge in [-0.15, -0.1) is 77.9 Å². The summed E-state index contributed by atoms with van der Waals surface area (Å²) in [7, 11) is 0. The normalized spacial score (nSPS) is 9.91. The monoisotopic (exact) mass is 591 g/mol. The van der Waals surface area contributed by atoms with Crippen LogP contribution in [0.5, 0.6) is 0 Å². The molecule has 0 bridgehead atoms. The van der Waals surface area contributed by atoms with Crippen LogP contribution >= 0.6 is 0 Å². The van der Waals surface area contributed by atoms with Crippen molar-refractivity contribution in [2.45, 2.75) is 6.92 Å². The first-order valence-corrected chi connectivity index (χ1v) is 10.1. The van der Waals surface area contributed by atoms with Crippen LogP contribution in [-0.4, -0.2) is 9.97 Å². The summed E-state index contributed by atoms with van der Waals surface area (Å²) >= 11 is 0. The van der Waals surface area contributed by atoms with Gasteiger partial charge in [-0.25, -0.2) is 0 Å². The summed E-state index contributed by atoms with van der Waals surface area (Å²) in [5.41, 5.74) is 7.30. The molecule has 0 atom stereocenters. The minimum Gasteiger partial charge on any atom is -0.305 e. The molecule has 2 aromatic heterocycles. The van der Waals surface area contributed by atoms with Crippen molar-refractivity contribution in [3.05, 3.63) is 127 Å². The van der Waals surface area contributed by atoms with Crippen LogP contribution in [0.2, 0.25) is 0 Å². The second-order valence-electron chi connectivity index (χ2n) is 7.12. The summed E-state index contributed by atoms with van der Waals surface area (Å²) in [5, 5.41) is 1.17. The predicted octanol–water partition coefficient (Wildman–Crippen LogP) is 7.20. The summed E-state index contributed by atoms with van der Waals surface area (Å²) in [6.45, 7) is 5.88. The Hall–Kier alpha value is -3.39. The zero-order chi connectivity index (χ0) is 21.5. The van der Waals surface area contributed by atoms with Crippen molar-refractivity contribution in [3.8, 4) is 22.5 Å². The van der Waals surface area contributed by atoms with Crippen molar-refractivity contribution in [3.63, 3.8) is 0 Å². The summed E-state index contributed by atoms with van der Waals surface area (Å²) < 4.78 is 0. The fourth-order valence-corrected chi connectivity index (χ4v) is 3.23. The van der Waals surface area contributed by atoms with Crippen LogP contribution in [0, 0.1) is 19.1 Å². The molecule has 0 unspecified atom stereocenters. The molecule has 0 aliphatic carbocycles. The molecular weight excluding hydrogens is 569 g/mol. The third kappa shape index (κ3) is 5.85. The number of hydrogen-bond acceptors (Lipinski definition) is 2. The Balaban J connectivity index is 0.000000193. The van der Waals surface area contributed by atoms with Gasteiger partial charge in [-0.3, -0.25) is 4.98 Å². The number of benzene rings is 3. The van der Waals surface area contributed by atoms with Gasteiger partial charge in [-0.1, -0.05) is 42.0 Å². The summed E-state index contributed by atoms with van der Waals surface area (Å²) in [6, 6.07) is 36.4. The molecule has 0 spiro atoms. The fourth-order valence-electron chi connectivity index (χ4n) is 3.23. The topological polar surface area (TPSA) is 25.8 Å². The SMILES string of the molecule is C=Cc1cc[c-]c(-c2ccc3cc(C)ccc3n2)c1.[Ir].[c-]1ccccc1-c1ccccn1. The fraction of sp³-hybridized carbons (Fsp3) is 0.0345. The minimum absolute atomic E-state index is 0. The Morgan fingerprint density at radius 1 is 0.781 bits per heavy atom. The molecule has 3 aromatic carbocycles. The zero-order valence-corrected chi connectivity index (χ0v) is 20.1. The third-order valence-corrected chi connectivity index (χ3v) is 4.83. The smallest absolute Gasteiger partial charge is 0.0595 e. The van der Waals surface area contributed by atoms with Crippen molar-refractivity contribution >= 4 is 17.0 Å². The van der Waals surface area contributed by atoms with Gasteiger partial charge in [-0.05, 0) is 41.9 Å². The van der Waals surface area contributed by atoms with Crippen LogP contribution in [0.1, 0.15) is 11.1 Å². The molecule has 1 radical (unpaired) electrons. The number of hydrogen-bond donors (Lipinski definition) is 0. The van der Waals surface area contributed by atoms with E-state index in [-0.39, 0.29) is 20.1 Å². The first kappa shape index (κ1) is 23.3. The predicted molar refractivity (Wildman–Crippen MR) is 129 cm³/mol. The van der Waals surface area contributed by atoms with Crippen molar-refractivity contribution < 1.29 is 20.1 Å². The number of fused-ring (bicyclic) bond motifs is 1. The molecule has 2 nitrogen and oxygen atoms in total. The number of aryl methyl sites for hydroxylation is 1. The van der Waals surface area contributed by atoms with Gasteiger partial charge < -0.3 is 4.98 Å². The largest absolute Gasteiger partial charge is 0.305 e. The van der Waals surface area contributed by atoms with E-state index in [2.05, 4.69) is 61.0 Å². The molecule has 5 rings (SSSR count). The zero-order valence-electron chi connectivity index (χ0n) is 17.7. The van der Waals surface area contributed by atoms with Crippen LogP contribution in [-0.2, 0) is 20.1 Å². The van der Waals surface area contributed by atoms with Crippen LogP contribution in [0.25, 0.3) is 39.5 Å². The number of aromatic nitrogens is 2. The molecule has 0 aliphatic heterocycles. The van der Waals surface area contributed by atoms with E-state index in [1.807, 2.05) is 66.7 Å². The van der Waals surface area contributed by atoms with E-state index in [0.29, 0.717) is 0 Å². The molecule has 0 amide bonds. The number of nitrogens with zero attached hydrogens (tertiary/aromatic N) is 2. The van der Waals surface area contributed by atoms with Crippen LogP contribution in [0.15, 0.2) is 104 Å². The van der Waals surface area contributed by atoms with E-state index < -0.39 is 0 Å². The second-order valence-corrected chi connectivity index (χ2v) is 7.12. The molecule has 2 heterocycles. The van der Waals surface area contributed by atoms with Crippen molar-refractivity contribution in [1.82, 2.24) is 9.97 Å². The Labute approximate surface area is 203 Å². The van der Waals surface area contributed by atoms with Gasteiger partial charge in [-0.2, -0.15) is 0 Å². The van der Waals surface area contributed by atoms with E-state index in [1.165, 1.54) is 10.9 Å². The maximum atomic E-state index is 4.70. The molecule has 159 valence electrons. The molecule has 0 aliphatic rings. The molecular formula is C29H22IrN2-2. The van der Waals surface area contributed by atoms with Gasteiger partial charge >= 0.3 is 0 Å². The quantitative estimate of drug-likeness (QED) is 0.208. The summed E-state index contributed by atoms with van der Waals surface area (Å²) in [5.74, 6) is 0. The number of pyridine rings is 2. The first-order chi connectivity index (χ1) is 15.2. The summed E-state index contributed by atoms with van der Waals surface area (Å²) in [6.07, 6.45) is 3.62. The Kier molecular flexibility index (Phi) is 8.21. The van der Waals surface area contributed by atoms with Gasteiger partial charge in [0.2, 0.25) is 0 Å². The van der Waals surface area contributed by atoms with E-state index in [4.69, 9.17) is 4.98 Å². The van der Waals surface area contributed by atoms with E-state index in [9.17, 15) is 0 Å². The molecule has 0 saturated heterocycles. The van der Waals surface area contributed by atoms with E-state index >= 15 is 0 Å². The van der Waals surface area contributed by atoms with Gasteiger partial charge in [0.15, 0.2) is 0 Å². The Bertz CT molecular complexity index is 1260.